The second kappa shape index (κ2) is 6.21. The van der Waals surface area contributed by atoms with Crippen LogP contribution in [0.4, 0.5) is 5.13 Å². The molecule has 0 radical (unpaired) electrons. The number of sulfonamides is 1. The maximum absolute atomic E-state index is 12.1. The van der Waals surface area contributed by atoms with E-state index in [2.05, 4.69) is 15.5 Å². The van der Waals surface area contributed by atoms with Crippen LogP contribution in [-0.2, 0) is 14.8 Å². The van der Waals surface area contributed by atoms with Gasteiger partial charge in [0.25, 0.3) is 10.0 Å². The summed E-state index contributed by atoms with van der Waals surface area (Å²) in [5, 5.41) is 9.95. The van der Waals surface area contributed by atoms with Crippen LogP contribution in [0.5, 0.6) is 0 Å². The first-order valence-electron chi connectivity index (χ1n) is 5.59. The summed E-state index contributed by atoms with van der Waals surface area (Å²) in [7, 11) is -3.60. The van der Waals surface area contributed by atoms with Gasteiger partial charge in [0.15, 0.2) is 0 Å². The molecule has 0 aromatic carbocycles. The van der Waals surface area contributed by atoms with Gasteiger partial charge in [0.05, 0.1) is 0 Å². The fraction of sp³-hybridized carbons (Fsp3) is 0.667. The van der Waals surface area contributed by atoms with E-state index in [1.165, 1.54) is 4.31 Å². The summed E-state index contributed by atoms with van der Waals surface area (Å²) in [5.74, 6) is -0.224. The number of rotatable bonds is 6. The molecule has 0 atom stereocenters. The monoisotopic (exact) mass is 292 g/mol. The quantitative estimate of drug-likeness (QED) is 0.787. The molecule has 0 bridgehead atoms. The molecule has 1 rings (SSSR count). The summed E-state index contributed by atoms with van der Waals surface area (Å²) in [5.41, 5.74) is 0. The van der Waals surface area contributed by atoms with E-state index in [4.69, 9.17) is 0 Å². The SMILES string of the molecule is CCC(=O)Nc1nnc(S(=O)(=O)N(CC)CC)s1. The Morgan fingerprint density at radius 1 is 1.28 bits per heavy atom. The lowest BCUT2D eigenvalue weighted by Gasteiger charge is -2.15. The van der Waals surface area contributed by atoms with Gasteiger partial charge < -0.3 is 5.32 Å². The zero-order valence-corrected chi connectivity index (χ0v) is 12.1. The number of nitrogens with zero attached hydrogens (tertiary/aromatic N) is 3. The first-order valence-corrected chi connectivity index (χ1v) is 7.84. The van der Waals surface area contributed by atoms with Crippen LogP contribution >= 0.6 is 11.3 Å². The van der Waals surface area contributed by atoms with Crippen LogP contribution in [0.1, 0.15) is 27.2 Å². The van der Waals surface area contributed by atoms with Gasteiger partial charge in [0, 0.05) is 19.5 Å². The largest absolute Gasteiger partial charge is 0.301 e. The van der Waals surface area contributed by atoms with Crippen molar-refractivity contribution in [3.05, 3.63) is 0 Å². The molecule has 0 fully saturated rings. The van der Waals surface area contributed by atoms with Crippen LogP contribution in [0.15, 0.2) is 4.34 Å². The van der Waals surface area contributed by atoms with Crippen LogP contribution in [-0.4, -0.2) is 41.9 Å². The van der Waals surface area contributed by atoms with Crippen LogP contribution < -0.4 is 5.32 Å². The standard InChI is InChI=1S/C9H16N4O3S2/c1-4-7(14)10-8-11-12-9(17-8)18(15,16)13(5-2)6-3/h4-6H2,1-3H3,(H,10,11,14). The van der Waals surface area contributed by atoms with Gasteiger partial charge >= 0.3 is 0 Å². The molecular weight excluding hydrogens is 276 g/mol. The Morgan fingerprint density at radius 3 is 2.39 bits per heavy atom. The van der Waals surface area contributed by atoms with Crippen molar-refractivity contribution in [3.63, 3.8) is 0 Å². The highest BCUT2D eigenvalue weighted by Gasteiger charge is 2.26. The van der Waals surface area contributed by atoms with Gasteiger partial charge in [0.1, 0.15) is 0 Å². The fourth-order valence-corrected chi connectivity index (χ4v) is 3.76. The Bertz CT molecular complexity index is 508. The molecule has 1 heterocycles. The molecule has 7 nitrogen and oxygen atoms in total. The predicted octanol–water partition coefficient (Wildman–Crippen LogP) is 0.917. The molecule has 1 aromatic rings. The van der Waals surface area contributed by atoms with Gasteiger partial charge in [-0.05, 0) is 0 Å². The van der Waals surface area contributed by atoms with E-state index in [-0.39, 0.29) is 15.4 Å². The zero-order chi connectivity index (χ0) is 13.8. The number of anilines is 1. The molecule has 0 saturated carbocycles. The number of nitrogens with one attached hydrogen (secondary N) is 1. The molecule has 0 saturated heterocycles. The molecule has 0 spiro atoms. The summed E-state index contributed by atoms with van der Waals surface area (Å²) < 4.78 is 25.4. The molecule has 0 aliphatic heterocycles. The first kappa shape index (κ1) is 15.0. The Balaban J connectivity index is 2.94. The van der Waals surface area contributed by atoms with E-state index < -0.39 is 10.0 Å². The number of aromatic nitrogens is 2. The van der Waals surface area contributed by atoms with Gasteiger partial charge in [-0.1, -0.05) is 32.1 Å². The molecule has 1 amide bonds. The molecule has 9 heteroatoms. The minimum absolute atomic E-state index is 0.0994. The number of amides is 1. The first-order chi connectivity index (χ1) is 8.45. The van der Waals surface area contributed by atoms with Crippen molar-refractivity contribution in [3.8, 4) is 0 Å². The lowest BCUT2D eigenvalue weighted by Crippen LogP contribution is -2.30. The van der Waals surface area contributed by atoms with Gasteiger partial charge in [-0.15, -0.1) is 10.2 Å². The molecule has 1 N–H and O–H groups in total. The normalized spacial score (nSPS) is 11.8. The van der Waals surface area contributed by atoms with Gasteiger partial charge in [-0.2, -0.15) is 4.31 Å². The van der Waals surface area contributed by atoms with E-state index in [1.54, 1.807) is 20.8 Å². The summed E-state index contributed by atoms with van der Waals surface area (Å²) in [6.45, 7) is 5.94. The zero-order valence-electron chi connectivity index (χ0n) is 10.5. The molecule has 18 heavy (non-hydrogen) atoms. The molecule has 0 aliphatic rings. The van der Waals surface area contributed by atoms with Crippen molar-refractivity contribution >= 4 is 32.4 Å². The maximum atomic E-state index is 12.1. The van der Waals surface area contributed by atoms with Crippen LogP contribution in [0, 0.1) is 0 Å². The fourth-order valence-electron chi connectivity index (χ4n) is 1.25. The lowest BCUT2D eigenvalue weighted by atomic mass is 10.5. The topological polar surface area (TPSA) is 92.3 Å². The van der Waals surface area contributed by atoms with Gasteiger partial charge in [0.2, 0.25) is 15.4 Å². The van der Waals surface area contributed by atoms with Crippen molar-refractivity contribution in [2.24, 2.45) is 0 Å². The molecule has 0 unspecified atom stereocenters. The van der Waals surface area contributed by atoms with Crippen molar-refractivity contribution in [1.29, 1.82) is 0 Å². The smallest absolute Gasteiger partial charge is 0.272 e. The highest BCUT2D eigenvalue weighted by molar-refractivity contribution is 7.91. The van der Waals surface area contributed by atoms with Crippen molar-refractivity contribution in [1.82, 2.24) is 14.5 Å². The Labute approximate surface area is 110 Å². The number of hydrogen-bond donors (Lipinski definition) is 1. The Kier molecular flexibility index (Phi) is 5.17. The summed E-state index contributed by atoms with van der Waals surface area (Å²) in [6.07, 6.45) is 0.303. The molecule has 1 aromatic heterocycles. The third kappa shape index (κ3) is 3.24. The Hall–Kier alpha value is -1.06. The van der Waals surface area contributed by atoms with Crippen LogP contribution in [0.2, 0.25) is 0 Å². The average molecular weight is 292 g/mol. The van der Waals surface area contributed by atoms with Gasteiger partial charge in [-0.3, -0.25) is 4.79 Å². The maximum Gasteiger partial charge on any atom is 0.272 e. The third-order valence-corrected chi connectivity index (χ3v) is 5.47. The summed E-state index contributed by atoms with van der Waals surface area (Å²) >= 11 is 0.859. The molecular formula is C9H16N4O3S2. The van der Waals surface area contributed by atoms with Gasteiger partial charge in [-0.25, -0.2) is 8.42 Å². The Morgan fingerprint density at radius 2 is 1.89 bits per heavy atom. The minimum Gasteiger partial charge on any atom is -0.301 e. The molecule has 0 aliphatic carbocycles. The number of carbonyl (C=O) groups excluding carboxylic acids is 1. The highest BCUT2D eigenvalue weighted by Crippen LogP contribution is 2.23. The van der Waals surface area contributed by atoms with Crippen molar-refractivity contribution in [2.75, 3.05) is 18.4 Å². The van der Waals surface area contributed by atoms with E-state index in [1.807, 2.05) is 0 Å². The average Bonchev–Trinajstić information content (AvgIpc) is 2.79. The second-order valence-electron chi connectivity index (χ2n) is 3.36. The van der Waals surface area contributed by atoms with Crippen molar-refractivity contribution < 1.29 is 13.2 Å². The predicted molar refractivity (Wildman–Crippen MR) is 68.9 cm³/mol. The third-order valence-electron chi connectivity index (χ3n) is 2.24. The molecule has 102 valence electrons. The highest BCUT2D eigenvalue weighted by atomic mass is 32.2. The van der Waals surface area contributed by atoms with Crippen molar-refractivity contribution in [2.45, 2.75) is 31.5 Å². The summed E-state index contributed by atoms with van der Waals surface area (Å²) in [4.78, 5) is 11.2. The summed E-state index contributed by atoms with van der Waals surface area (Å²) in [6, 6.07) is 0. The minimum atomic E-state index is -3.60. The lowest BCUT2D eigenvalue weighted by molar-refractivity contribution is -0.115. The van der Waals surface area contributed by atoms with E-state index in [9.17, 15) is 13.2 Å². The van der Waals surface area contributed by atoms with Crippen LogP contribution in [0.3, 0.4) is 0 Å². The van der Waals surface area contributed by atoms with E-state index >= 15 is 0 Å². The van der Waals surface area contributed by atoms with E-state index in [0.29, 0.717) is 19.5 Å². The number of hydrogen-bond acceptors (Lipinski definition) is 6. The number of carbonyl (C=O) groups is 1. The second-order valence-corrected chi connectivity index (χ2v) is 6.45. The van der Waals surface area contributed by atoms with Crippen LogP contribution in [0.25, 0.3) is 0 Å². The van der Waals surface area contributed by atoms with E-state index in [0.717, 1.165) is 11.3 Å².